The summed E-state index contributed by atoms with van der Waals surface area (Å²) in [5, 5.41) is 1.87. The highest BCUT2D eigenvalue weighted by atomic mass is 16.7. The van der Waals surface area contributed by atoms with E-state index < -0.39 is 0 Å². The van der Waals surface area contributed by atoms with Crippen molar-refractivity contribution in [2.75, 3.05) is 25.3 Å². The lowest BCUT2D eigenvalue weighted by Gasteiger charge is -2.14. The second kappa shape index (κ2) is 4.15. The fourth-order valence-electron chi connectivity index (χ4n) is 1.43. The Morgan fingerprint density at radius 2 is 2.14 bits per heavy atom. The molecule has 2 rings (SSSR count). The molecule has 1 aromatic carbocycles. The Morgan fingerprint density at radius 1 is 1.36 bits per heavy atom. The number of nitrogens with zero attached hydrogens (tertiary/aromatic N) is 1. The SMILES string of the molecule is COC=C1CON(c2ccccc2)C1. The zero-order valence-corrected chi connectivity index (χ0v) is 8.14. The summed E-state index contributed by atoms with van der Waals surface area (Å²) in [5.41, 5.74) is 2.23. The van der Waals surface area contributed by atoms with Crippen LogP contribution in [0, 0.1) is 0 Å². The smallest absolute Gasteiger partial charge is 0.101 e. The maximum Gasteiger partial charge on any atom is 0.101 e. The van der Waals surface area contributed by atoms with Gasteiger partial charge in [0, 0.05) is 5.57 Å². The topological polar surface area (TPSA) is 21.7 Å². The molecule has 0 saturated carbocycles. The molecule has 0 aromatic heterocycles. The molecule has 0 unspecified atom stereocenters. The average Bonchev–Trinajstić information content (AvgIpc) is 2.68. The molecular formula is C11H13NO2. The number of methoxy groups -OCH3 is 1. The lowest BCUT2D eigenvalue weighted by atomic mass is 10.3. The Morgan fingerprint density at radius 3 is 2.86 bits per heavy atom. The van der Waals surface area contributed by atoms with Crippen LogP contribution in [0.25, 0.3) is 0 Å². The molecule has 0 bridgehead atoms. The molecule has 1 fully saturated rings. The van der Waals surface area contributed by atoms with E-state index in [1.54, 1.807) is 13.4 Å². The van der Waals surface area contributed by atoms with E-state index >= 15 is 0 Å². The number of rotatable bonds is 2. The van der Waals surface area contributed by atoms with Gasteiger partial charge in [-0.3, -0.25) is 4.84 Å². The van der Waals surface area contributed by atoms with Crippen LogP contribution in [0.4, 0.5) is 5.69 Å². The quantitative estimate of drug-likeness (QED) is 0.667. The third kappa shape index (κ3) is 1.88. The predicted octanol–water partition coefficient (Wildman–Crippen LogP) is 1.97. The zero-order chi connectivity index (χ0) is 9.80. The normalized spacial score (nSPS) is 18.9. The van der Waals surface area contributed by atoms with Gasteiger partial charge in [-0.25, -0.2) is 5.06 Å². The summed E-state index contributed by atoms with van der Waals surface area (Å²) in [6.07, 6.45) is 1.74. The first-order valence-corrected chi connectivity index (χ1v) is 4.56. The Balaban J connectivity index is 2.06. The average molecular weight is 191 g/mol. The standard InChI is InChI=1S/C11H13NO2/c1-13-8-10-7-12(14-9-10)11-5-3-2-4-6-11/h2-6,8H,7,9H2,1H3. The summed E-state index contributed by atoms with van der Waals surface area (Å²) in [6.45, 7) is 1.39. The Bertz CT molecular complexity index is 321. The van der Waals surface area contributed by atoms with E-state index in [9.17, 15) is 0 Å². The highest BCUT2D eigenvalue weighted by Crippen LogP contribution is 2.20. The Hall–Kier alpha value is -1.48. The Labute approximate surface area is 83.5 Å². The molecule has 1 aliphatic heterocycles. The molecular weight excluding hydrogens is 178 g/mol. The monoisotopic (exact) mass is 191 g/mol. The molecule has 1 heterocycles. The molecule has 0 atom stereocenters. The van der Waals surface area contributed by atoms with Crippen LogP contribution >= 0.6 is 0 Å². The number of hydrogen-bond acceptors (Lipinski definition) is 3. The van der Waals surface area contributed by atoms with Crippen LogP contribution in [0.3, 0.4) is 0 Å². The number of anilines is 1. The lowest BCUT2D eigenvalue weighted by Crippen LogP contribution is -2.15. The van der Waals surface area contributed by atoms with E-state index in [0.717, 1.165) is 17.8 Å². The predicted molar refractivity (Wildman–Crippen MR) is 54.8 cm³/mol. The van der Waals surface area contributed by atoms with Crippen molar-refractivity contribution in [1.82, 2.24) is 0 Å². The second-order valence-electron chi connectivity index (χ2n) is 3.16. The molecule has 3 nitrogen and oxygen atoms in total. The van der Waals surface area contributed by atoms with Crippen LogP contribution in [0.15, 0.2) is 42.2 Å². The highest BCUT2D eigenvalue weighted by Gasteiger charge is 2.17. The van der Waals surface area contributed by atoms with Crippen molar-refractivity contribution < 1.29 is 9.57 Å². The number of para-hydroxylation sites is 1. The lowest BCUT2D eigenvalue weighted by molar-refractivity contribution is 0.173. The number of benzene rings is 1. The van der Waals surface area contributed by atoms with Gasteiger partial charge in [0.15, 0.2) is 0 Å². The Kier molecular flexibility index (Phi) is 2.70. The molecule has 3 heteroatoms. The van der Waals surface area contributed by atoms with Gasteiger partial charge in [-0.1, -0.05) is 18.2 Å². The number of hydroxylamine groups is 1. The first kappa shape index (κ1) is 9.09. The van der Waals surface area contributed by atoms with Crippen LogP contribution in [-0.2, 0) is 9.57 Å². The molecule has 74 valence electrons. The van der Waals surface area contributed by atoms with Gasteiger partial charge in [0.25, 0.3) is 0 Å². The van der Waals surface area contributed by atoms with Crippen LogP contribution in [0.2, 0.25) is 0 Å². The molecule has 0 spiro atoms. The molecule has 0 amide bonds. The van der Waals surface area contributed by atoms with Gasteiger partial charge in [-0.05, 0) is 12.1 Å². The van der Waals surface area contributed by atoms with Crippen molar-refractivity contribution >= 4 is 5.69 Å². The van der Waals surface area contributed by atoms with E-state index in [-0.39, 0.29) is 0 Å². The van der Waals surface area contributed by atoms with Crippen molar-refractivity contribution in [1.29, 1.82) is 0 Å². The zero-order valence-electron chi connectivity index (χ0n) is 8.14. The summed E-state index contributed by atoms with van der Waals surface area (Å²) in [6, 6.07) is 10.0. The third-order valence-corrected chi connectivity index (χ3v) is 2.08. The molecule has 0 aliphatic carbocycles. The van der Waals surface area contributed by atoms with Gasteiger partial charge in [0.1, 0.15) is 6.61 Å². The molecule has 14 heavy (non-hydrogen) atoms. The van der Waals surface area contributed by atoms with Gasteiger partial charge in [0.05, 0.1) is 25.6 Å². The summed E-state index contributed by atoms with van der Waals surface area (Å²) >= 11 is 0. The highest BCUT2D eigenvalue weighted by molar-refractivity contribution is 5.45. The van der Waals surface area contributed by atoms with Gasteiger partial charge in [0.2, 0.25) is 0 Å². The van der Waals surface area contributed by atoms with Crippen molar-refractivity contribution in [3.05, 3.63) is 42.2 Å². The molecule has 0 radical (unpaired) electrons. The summed E-state index contributed by atoms with van der Waals surface area (Å²) in [7, 11) is 1.65. The molecule has 1 saturated heterocycles. The van der Waals surface area contributed by atoms with Crippen molar-refractivity contribution in [2.45, 2.75) is 0 Å². The number of hydrogen-bond donors (Lipinski definition) is 0. The molecule has 0 N–H and O–H groups in total. The number of ether oxygens (including phenoxy) is 1. The van der Waals surface area contributed by atoms with Gasteiger partial charge in [-0.15, -0.1) is 0 Å². The van der Waals surface area contributed by atoms with Crippen LogP contribution in [0.5, 0.6) is 0 Å². The summed E-state index contributed by atoms with van der Waals surface area (Å²) < 4.78 is 4.94. The minimum atomic E-state index is 0.614. The van der Waals surface area contributed by atoms with Crippen LogP contribution in [-0.4, -0.2) is 20.3 Å². The maximum absolute atomic E-state index is 5.49. The van der Waals surface area contributed by atoms with Gasteiger partial charge >= 0.3 is 0 Å². The van der Waals surface area contributed by atoms with Crippen molar-refractivity contribution in [3.8, 4) is 0 Å². The molecule has 1 aliphatic rings. The first-order valence-electron chi connectivity index (χ1n) is 4.56. The van der Waals surface area contributed by atoms with E-state index in [1.807, 2.05) is 35.4 Å². The van der Waals surface area contributed by atoms with E-state index in [2.05, 4.69) is 0 Å². The fraction of sp³-hybridized carbons (Fsp3) is 0.273. The van der Waals surface area contributed by atoms with Gasteiger partial charge in [-0.2, -0.15) is 0 Å². The van der Waals surface area contributed by atoms with Crippen LogP contribution < -0.4 is 5.06 Å². The summed E-state index contributed by atoms with van der Waals surface area (Å²) in [4.78, 5) is 5.49. The maximum atomic E-state index is 5.49. The molecule has 1 aromatic rings. The minimum absolute atomic E-state index is 0.614. The van der Waals surface area contributed by atoms with E-state index in [0.29, 0.717) is 6.61 Å². The van der Waals surface area contributed by atoms with E-state index in [1.165, 1.54) is 0 Å². The van der Waals surface area contributed by atoms with Crippen molar-refractivity contribution in [3.63, 3.8) is 0 Å². The second-order valence-corrected chi connectivity index (χ2v) is 3.16. The van der Waals surface area contributed by atoms with Crippen LogP contribution in [0.1, 0.15) is 0 Å². The fourth-order valence-corrected chi connectivity index (χ4v) is 1.43. The van der Waals surface area contributed by atoms with Crippen molar-refractivity contribution in [2.24, 2.45) is 0 Å². The van der Waals surface area contributed by atoms with E-state index in [4.69, 9.17) is 9.57 Å². The summed E-state index contributed by atoms with van der Waals surface area (Å²) in [5.74, 6) is 0. The largest absolute Gasteiger partial charge is 0.504 e. The van der Waals surface area contributed by atoms with Gasteiger partial charge < -0.3 is 4.74 Å². The third-order valence-electron chi connectivity index (χ3n) is 2.08. The minimum Gasteiger partial charge on any atom is -0.504 e. The first-order chi connectivity index (χ1) is 6.90.